The number of carbonyl (C=O) groups excluding carboxylic acids is 1. The fourth-order valence-electron chi connectivity index (χ4n) is 3.51. The predicted octanol–water partition coefficient (Wildman–Crippen LogP) is 2.47. The molecule has 2 aromatic rings. The second-order valence-corrected chi connectivity index (χ2v) is 6.36. The number of likely N-dealkylation sites (tertiary alicyclic amines) is 1. The van der Waals surface area contributed by atoms with E-state index >= 15 is 0 Å². The molecule has 1 amide bonds. The van der Waals surface area contributed by atoms with Gasteiger partial charge in [-0.3, -0.25) is 4.79 Å². The van der Waals surface area contributed by atoms with Gasteiger partial charge in [0.05, 0.1) is 19.1 Å². The monoisotopic (exact) mass is 327 g/mol. The molecule has 1 atom stereocenters. The normalized spacial score (nSPS) is 19.4. The van der Waals surface area contributed by atoms with Crippen LogP contribution in [-0.4, -0.2) is 34.1 Å². The van der Waals surface area contributed by atoms with Gasteiger partial charge in [0.15, 0.2) is 5.82 Å². The predicted molar refractivity (Wildman–Crippen MR) is 86.7 cm³/mol. The van der Waals surface area contributed by atoms with E-state index in [0.717, 1.165) is 43.7 Å². The number of benzene rings is 1. The van der Waals surface area contributed by atoms with E-state index in [4.69, 9.17) is 9.26 Å². The summed E-state index contributed by atoms with van der Waals surface area (Å²) in [6.07, 6.45) is 3.91. The molecular formula is C18H21N3O3. The minimum absolute atomic E-state index is 0.0562. The van der Waals surface area contributed by atoms with Crippen LogP contribution < -0.4 is 4.74 Å². The van der Waals surface area contributed by atoms with Crippen molar-refractivity contribution in [2.45, 2.75) is 45.1 Å². The number of nitrogens with zero attached hydrogens (tertiary/aromatic N) is 3. The Labute approximate surface area is 140 Å². The van der Waals surface area contributed by atoms with Gasteiger partial charge in [0.2, 0.25) is 11.8 Å². The van der Waals surface area contributed by atoms with Crippen LogP contribution in [0.15, 0.2) is 22.7 Å². The Morgan fingerprint density at radius 2 is 2.33 bits per heavy atom. The Morgan fingerprint density at radius 3 is 3.17 bits per heavy atom. The van der Waals surface area contributed by atoms with E-state index in [9.17, 15) is 4.79 Å². The highest BCUT2D eigenvalue weighted by Crippen LogP contribution is 2.31. The van der Waals surface area contributed by atoms with Crippen molar-refractivity contribution in [3.8, 4) is 5.75 Å². The zero-order valence-corrected chi connectivity index (χ0v) is 13.8. The second-order valence-electron chi connectivity index (χ2n) is 6.36. The van der Waals surface area contributed by atoms with Crippen LogP contribution in [0.3, 0.4) is 0 Å². The van der Waals surface area contributed by atoms with Gasteiger partial charge in [-0.1, -0.05) is 24.2 Å². The first-order valence-electron chi connectivity index (χ1n) is 8.61. The fraction of sp³-hybridized carbons (Fsp3) is 0.500. The molecule has 0 spiro atoms. The number of fused-ring (bicyclic) bond motifs is 1. The van der Waals surface area contributed by atoms with Crippen LogP contribution in [-0.2, 0) is 24.1 Å². The molecule has 0 radical (unpaired) electrons. The SMILES string of the molecule is CCc1nc(C2CCCN2C(=O)Cc2ccc3c(c2)CCO3)no1. The van der Waals surface area contributed by atoms with Gasteiger partial charge in [-0.25, -0.2) is 0 Å². The van der Waals surface area contributed by atoms with Gasteiger partial charge in [-0.2, -0.15) is 4.98 Å². The van der Waals surface area contributed by atoms with Crippen molar-refractivity contribution in [3.05, 3.63) is 41.0 Å². The van der Waals surface area contributed by atoms with Crippen LogP contribution in [0.1, 0.15) is 48.6 Å². The zero-order chi connectivity index (χ0) is 16.5. The summed E-state index contributed by atoms with van der Waals surface area (Å²) in [5, 5.41) is 4.06. The van der Waals surface area contributed by atoms with Crippen LogP contribution in [0.2, 0.25) is 0 Å². The van der Waals surface area contributed by atoms with Crippen molar-refractivity contribution in [3.63, 3.8) is 0 Å². The van der Waals surface area contributed by atoms with Gasteiger partial charge in [-0.15, -0.1) is 0 Å². The molecule has 0 aliphatic carbocycles. The Kier molecular flexibility index (Phi) is 3.96. The number of aryl methyl sites for hydroxylation is 1. The molecule has 24 heavy (non-hydrogen) atoms. The third-order valence-electron chi connectivity index (χ3n) is 4.77. The summed E-state index contributed by atoms with van der Waals surface area (Å²) in [5.41, 5.74) is 2.24. The van der Waals surface area contributed by atoms with Gasteiger partial charge in [-0.05, 0) is 30.0 Å². The maximum Gasteiger partial charge on any atom is 0.227 e. The molecule has 4 rings (SSSR count). The van der Waals surface area contributed by atoms with E-state index in [1.807, 2.05) is 24.0 Å². The van der Waals surface area contributed by atoms with Crippen molar-refractivity contribution in [1.82, 2.24) is 15.0 Å². The van der Waals surface area contributed by atoms with E-state index in [-0.39, 0.29) is 11.9 Å². The average Bonchev–Trinajstić information content (AvgIpc) is 3.32. The molecule has 0 N–H and O–H groups in total. The summed E-state index contributed by atoms with van der Waals surface area (Å²) in [7, 11) is 0. The minimum Gasteiger partial charge on any atom is -0.493 e. The Hall–Kier alpha value is -2.37. The lowest BCUT2D eigenvalue weighted by Gasteiger charge is -2.22. The number of rotatable bonds is 4. The summed E-state index contributed by atoms with van der Waals surface area (Å²) in [6, 6.07) is 5.99. The lowest BCUT2D eigenvalue weighted by Crippen LogP contribution is -2.32. The quantitative estimate of drug-likeness (QED) is 0.863. The molecule has 126 valence electrons. The van der Waals surface area contributed by atoms with E-state index < -0.39 is 0 Å². The minimum atomic E-state index is -0.0562. The first kappa shape index (κ1) is 15.2. The summed E-state index contributed by atoms with van der Waals surface area (Å²) < 4.78 is 10.7. The molecule has 0 bridgehead atoms. The highest BCUT2D eigenvalue weighted by Gasteiger charge is 2.33. The van der Waals surface area contributed by atoms with Crippen LogP contribution in [0.4, 0.5) is 0 Å². The molecule has 1 fully saturated rings. The zero-order valence-electron chi connectivity index (χ0n) is 13.8. The third-order valence-corrected chi connectivity index (χ3v) is 4.77. The van der Waals surface area contributed by atoms with Crippen LogP contribution in [0.25, 0.3) is 0 Å². The Bertz CT molecular complexity index is 756. The van der Waals surface area contributed by atoms with Crippen molar-refractivity contribution in [2.75, 3.05) is 13.2 Å². The highest BCUT2D eigenvalue weighted by molar-refractivity contribution is 5.79. The fourth-order valence-corrected chi connectivity index (χ4v) is 3.51. The summed E-state index contributed by atoms with van der Waals surface area (Å²) in [6.45, 7) is 3.47. The molecule has 1 unspecified atom stereocenters. The maximum atomic E-state index is 12.8. The molecule has 2 aliphatic heterocycles. The molecule has 6 nitrogen and oxygen atoms in total. The summed E-state index contributed by atoms with van der Waals surface area (Å²) in [5.74, 6) is 2.34. The maximum absolute atomic E-state index is 12.8. The number of amides is 1. The molecule has 1 aromatic carbocycles. The van der Waals surface area contributed by atoms with Crippen molar-refractivity contribution in [1.29, 1.82) is 0 Å². The first-order chi connectivity index (χ1) is 11.7. The highest BCUT2D eigenvalue weighted by atomic mass is 16.5. The van der Waals surface area contributed by atoms with E-state index in [1.54, 1.807) is 0 Å². The van der Waals surface area contributed by atoms with E-state index in [2.05, 4.69) is 16.2 Å². The van der Waals surface area contributed by atoms with Crippen molar-refractivity contribution < 1.29 is 14.1 Å². The molecule has 0 saturated carbocycles. The van der Waals surface area contributed by atoms with Crippen LogP contribution >= 0.6 is 0 Å². The molecule has 6 heteroatoms. The molecule has 2 aliphatic rings. The first-order valence-corrected chi connectivity index (χ1v) is 8.61. The Morgan fingerprint density at radius 1 is 1.42 bits per heavy atom. The smallest absolute Gasteiger partial charge is 0.227 e. The van der Waals surface area contributed by atoms with Gasteiger partial charge in [0.25, 0.3) is 0 Å². The van der Waals surface area contributed by atoms with Gasteiger partial charge >= 0.3 is 0 Å². The lowest BCUT2D eigenvalue weighted by atomic mass is 10.1. The molecule has 1 saturated heterocycles. The van der Waals surface area contributed by atoms with Crippen molar-refractivity contribution in [2.24, 2.45) is 0 Å². The largest absolute Gasteiger partial charge is 0.493 e. The molecule has 1 aromatic heterocycles. The van der Waals surface area contributed by atoms with E-state index in [1.165, 1.54) is 5.56 Å². The average molecular weight is 327 g/mol. The third kappa shape index (κ3) is 2.77. The van der Waals surface area contributed by atoms with Gasteiger partial charge in [0.1, 0.15) is 5.75 Å². The van der Waals surface area contributed by atoms with Crippen LogP contribution in [0, 0.1) is 0 Å². The number of carbonyl (C=O) groups is 1. The summed E-state index contributed by atoms with van der Waals surface area (Å²) in [4.78, 5) is 19.1. The molecular weight excluding hydrogens is 306 g/mol. The topological polar surface area (TPSA) is 68.5 Å². The number of aromatic nitrogens is 2. The standard InChI is InChI=1S/C18H21N3O3/c1-2-16-19-18(20-24-16)14-4-3-8-21(14)17(22)11-12-5-6-15-13(10-12)7-9-23-15/h5-6,10,14H,2-4,7-9,11H2,1H3. The number of hydrogen-bond donors (Lipinski definition) is 0. The second kappa shape index (κ2) is 6.26. The number of hydrogen-bond acceptors (Lipinski definition) is 5. The number of ether oxygens (including phenoxy) is 1. The molecule has 3 heterocycles. The van der Waals surface area contributed by atoms with E-state index in [0.29, 0.717) is 24.6 Å². The summed E-state index contributed by atoms with van der Waals surface area (Å²) >= 11 is 0. The lowest BCUT2D eigenvalue weighted by molar-refractivity contribution is -0.131. The van der Waals surface area contributed by atoms with Gasteiger partial charge < -0.3 is 14.2 Å². The Balaban J connectivity index is 1.48. The van der Waals surface area contributed by atoms with Crippen LogP contribution in [0.5, 0.6) is 5.75 Å². The van der Waals surface area contributed by atoms with Crippen molar-refractivity contribution >= 4 is 5.91 Å². The van der Waals surface area contributed by atoms with Gasteiger partial charge in [0, 0.05) is 19.4 Å².